The van der Waals surface area contributed by atoms with Crippen LogP contribution in [0.1, 0.15) is 50.4 Å². The molecule has 1 aromatic rings. The number of benzene rings is 1. The summed E-state index contributed by atoms with van der Waals surface area (Å²) < 4.78 is 0. The Labute approximate surface area is 136 Å². The minimum Gasteiger partial charge on any atom is -0.267 e. The molecule has 23 heavy (non-hydrogen) atoms. The van der Waals surface area contributed by atoms with E-state index in [0.29, 0.717) is 17.8 Å². The molecule has 2 atom stereocenters. The number of hydrogen-bond donors (Lipinski definition) is 1. The molecule has 0 unspecified atom stereocenters. The van der Waals surface area contributed by atoms with Gasteiger partial charge in [-0.1, -0.05) is 26.8 Å². The molecular formula is C17H23N3O3. The number of nitrogens with zero attached hydrogens (tertiary/aromatic N) is 2. The van der Waals surface area contributed by atoms with E-state index >= 15 is 0 Å². The van der Waals surface area contributed by atoms with Crippen molar-refractivity contribution < 1.29 is 9.72 Å². The van der Waals surface area contributed by atoms with Gasteiger partial charge in [0.05, 0.1) is 4.92 Å². The number of nitrogens with one attached hydrogen (secondary N) is 1. The number of nitro benzene ring substituents is 1. The Morgan fingerprint density at radius 2 is 2.13 bits per heavy atom. The molecule has 6 nitrogen and oxygen atoms in total. The van der Waals surface area contributed by atoms with Crippen LogP contribution >= 0.6 is 0 Å². The third kappa shape index (κ3) is 4.37. The second kappa shape index (κ2) is 7.35. The standard InChI is InChI=1S/C17H23N3O3/c1-11(2)15-8-7-12(3)9-16(15)18-19-17(21)13-5-4-6-14(10-13)20(22)23/h4-6,10-12,15H,7-9H2,1-3H3,(H,19,21)/b18-16-/t12-,15+/m0/s1. The Morgan fingerprint density at radius 3 is 2.78 bits per heavy atom. The zero-order valence-corrected chi connectivity index (χ0v) is 13.8. The SMILES string of the molecule is CC(C)[C@H]1CC[C@H](C)C/C1=N/NC(=O)c1cccc([N+](=O)[O-])c1. The van der Waals surface area contributed by atoms with Gasteiger partial charge in [-0.05, 0) is 37.2 Å². The van der Waals surface area contributed by atoms with Gasteiger partial charge in [0.15, 0.2) is 0 Å². The van der Waals surface area contributed by atoms with E-state index in [9.17, 15) is 14.9 Å². The Balaban J connectivity index is 2.12. The van der Waals surface area contributed by atoms with E-state index in [1.807, 2.05) is 0 Å². The largest absolute Gasteiger partial charge is 0.271 e. The van der Waals surface area contributed by atoms with Crippen molar-refractivity contribution in [1.82, 2.24) is 5.43 Å². The number of carbonyl (C=O) groups is 1. The summed E-state index contributed by atoms with van der Waals surface area (Å²) in [5.74, 6) is 1.02. The Bertz CT molecular complexity index is 625. The monoisotopic (exact) mass is 317 g/mol. The molecule has 0 heterocycles. The molecule has 0 aliphatic heterocycles. The number of non-ortho nitro benzene ring substituents is 1. The zero-order chi connectivity index (χ0) is 17.0. The molecule has 1 aromatic carbocycles. The van der Waals surface area contributed by atoms with Crippen molar-refractivity contribution in [1.29, 1.82) is 0 Å². The highest BCUT2D eigenvalue weighted by atomic mass is 16.6. The lowest BCUT2D eigenvalue weighted by molar-refractivity contribution is -0.384. The van der Waals surface area contributed by atoms with Crippen molar-refractivity contribution in [3.05, 3.63) is 39.9 Å². The third-order valence-corrected chi connectivity index (χ3v) is 4.38. The highest BCUT2D eigenvalue weighted by Gasteiger charge is 2.27. The lowest BCUT2D eigenvalue weighted by atomic mass is 9.76. The quantitative estimate of drug-likeness (QED) is 0.677. The van der Waals surface area contributed by atoms with E-state index in [-0.39, 0.29) is 11.3 Å². The zero-order valence-electron chi connectivity index (χ0n) is 13.8. The molecule has 1 aliphatic rings. The Morgan fingerprint density at radius 1 is 1.39 bits per heavy atom. The van der Waals surface area contributed by atoms with Gasteiger partial charge in [0.2, 0.25) is 0 Å². The van der Waals surface area contributed by atoms with Crippen LogP contribution in [0.15, 0.2) is 29.4 Å². The second-order valence-electron chi connectivity index (χ2n) is 6.59. The molecule has 1 amide bonds. The summed E-state index contributed by atoms with van der Waals surface area (Å²) in [6.07, 6.45) is 3.16. The summed E-state index contributed by atoms with van der Waals surface area (Å²) in [5, 5.41) is 15.1. The highest BCUT2D eigenvalue weighted by Crippen LogP contribution is 2.31. The molecule has 0 aromatic heterocycles. The number of hydrazone groups is 1. The summed E-state index contributed by atoms with van der Waals surface area (Å²) in [6.45, 7) is 6.52. The Hall–Kier alpha value is -2.24. The molecule has 1 N–H and O–H groups in total. The van der Waals surface area contributed by atoms with Gasteiger partial charge in [-0.3, -0.25) is 14.9 Å². The van der Waals surface area contributed by atoms with Gasteiger partial charge in [-0.25, -0.2) is 5.43 Å². The maximum absolute atomic E-state index is 12.2. The first kappa shape index (κ1) is 17.1. The van der Waals surface area contributed by atoms with Crippen LogP contribution in [-0.4, -0.2) is 16.5 Å². The van der Waals surface area contributed by atoms with Gasteiger partial charge < -0.3 is 0 Å². The topological polar surface area (TPSA) is 84.6 Å². The van der Waals surface area contributed by atoms with E-state index in [1.165, 1.54) is 24.6 Å². The van der Waals surface area contributed by atoms with Gasteiger partial charge in [0, 0.05) is 29.3 Å². The van der Waals surface area contributed by atoms with Gasteiger partial charge in [-0.15, -0.1) is 0 Å². The van der Waals surface area contributed by atoms with Crippen molar-refractivity contribution in [3.8, 4) is 0 Å². The fourth-order valence-corrected chi connectivity index (χ4v) is 3.04. The molecule has 0 radical (unpaired) electrons. The fourth-order valence-electron chi connectivity index (χ4n) is 3.04. The van der Waals surface area contributed by atoms with Crippen LogP contribution in [0.5, 0.6) is 0 Å². The first-order valence-electron chi connectivity index (χ1n) is 7.99. The molecule has 0 saturated heterocycles. The van der Waals surface area contributed by atoms with E-state index in [1.54, 1.807) is 6.07 Å². The van der Waals surface area contributed by atoms with E-state index in [2.05, 4.69) is 31.3 Å². The average Bonchev–Trinajstić information content (AvgIpc) is 2.52. The molecule has 6 heteroatoms. The third-order valence-electron chi connectivity index (χ3n) is 4.38. The molecular weight excluding hydrogens is 294 g/mol. The average molecular weight is 317 g/mol. The van der Waals surface area contributed by atoms with Crippen molar-refractivity contribution in [3.63, 3.8) is 0 Å². The first-order chi connectivity index (χ1) is 10.9. The predicted molar refractivity (Wildman–Crippen MR) is 89.3 cm³/mol. The second-order valence-corrected chi connectivity index (χ2v) is 6.59. The van der Waals surface area contributed by atoms with Crippen LogP contribution in [0.2, 0.25) is 0 Å². The van der Waals surface area contributed by atoms with Crippen LogP contribution in [0.4, 0.5) is 5.69 Å². The maximum atomic E-state index is 12.2. The number of amides is 1. The summed E-state index contributed by atoms with van der Waals surface area (Å²) in [4.78, 5) is 22.4. The minimum atomic E-state index is -0.514. The van der Waals surface area contributed by atoms with Gasteiger partial charge in [0.25, 0.3) is 11.6 Å². The number of rotatable bonds is 4. The molecule has 124 valence electrons. The van der Waals surface area contributed by atoms with Gasteiger partial charge >= 0.3 is 0 Å². The fraction of sp³-hybridized carbons (Fsp3) is 0.529. The van der Waals surface area contributed by atoms with Gasteiger partial charge in [0.1, 0.15) is 0 Å². The molecule has 0 bridgehead atoms. The number of carbonyl (C=O) groups excluding carboxylic acids is 1. The van der Waals surface area contributed by atoms with Crippen molar-refractivity contribution in [2.45, 2.75) is 40.0 Å². The van der Waals surface area contributed by atoms with Crippen LogP contribution in [0.25, 0.3) is 0 Å². The van der Waals surface area contributed by atoms with Crippen molar-refractivity contribution >= 4 is 17.3 Å². The maximum Gasteiger partial charge on any atom is 0.271 e. The van der Waals surface area contributed by atoms with E-state index < -0.39 is 10.8 Å². The van der Waals surface area contributed by atoms with Crippen LogP contribution in [-0.2, 0) is 0 Å². The molecule has 1 fully saturated rings. The van der Waals surface area contributed by atoms with Crippen LogP contribution in [0.3, 0.4) is 0 Å². The van der Waals surface area contributed by atoms with E-state index in [0.717, 1.165) is 18.6 Å². The summed E-state index contributed by atoms with van der Waals surface area (Å²) in [6, 6.07) is 5.67. The van der Waals surface area contributed by atoms with Crippen LogP contribution < -0.4 is 5.43 Å². The molecule has 1 aliphatic carbocycles. The first-order valence-corrected chi connectivity index (χ1v) is 7.99. The van der Waals surface area contributed by atoms with E-state index in [4.69, 9.17) is 0 Å². The number of nitro groups is 1. The van der Waals surface area contributed by atoms with Crippen molar-refractivity contribution in [2.75, 3.05) is 0 Å². The lowest BCUT2D eigenvalue weighted by Crippen LogP contribution is -2.31. The number of hydrogen-bond acceptors (Lipinski definition) is 4. The lowest BCUT2D eigenvalue weighted by Gasteiger charge is -2.30. The smallest absolute Gasteiger partial charge is 0.267 e. The molecule has 1 saturated carbocycles. The normalized spacial score (nSPS) is 23.0. The predicted octanol–water partition coefficient (Wildman–Crippen LogP) is 3.77. The van der Waals surface area contributed by atoms with Gasteiger partial charge in [-0.2, -0.15) is 5.10 Å². The van der Waals surface area contributed by atoms with Crippen LogP contribution in [0, 0.1) is 27.9 Å². The molecule has 0 spiro atoms. The summed E-state index contributed by atoms with van der Waals surface area (Å²) in [5.41, 5.74) is 3.74. The summed E-state index contributed by atoms with van der Waals surface area (Å²) >= 11 is 0. The Kier molecular flexibility index (Phi) is 5.47. The molecule has 2 rings (SSSR count). The highest BCUT2D eigenvalue weighted by molar-refractivity contribution is 5.96. The van der Waals surface area contributed by atoms with Crippen molar-refractivity contribution in [2.24, 2.45) is 22.9 Å². The summed E-state index contributed by atoms with van der Waals surface area (Å²) in [7, 11) is 0. The minimum absolute atomic E-state index is 0.100.